The van der Waals surface area contributed by atoms with Gasteiger partial charge in [-0.2, -0.15) is 0 Å². The van der Waals surface area contributed by atoms with Crippen molar-refractivity contribution in [2.45, 2.75) is 66.0 Å². The van der Waals surface area contributed by atoms with Gasteiger partial charge in [-0.15, -0.1) is 0 Å². The van der Waals surface area contributed by atoms with E-state index in [-0.39, 0.29) is 23.7 Å². The molecule has 156 valence electrons. The highest BCUT2D eigenvalue weighted by atomic mass is 16.4. The second kappa shape index (κ2) is 11.5. The molecule has 6 nitrogen and oxygen atoms in total. The SMILES string of the molecule is CC[C@H](C)[C@H](C)C(=O)N[C@@H](Cc1ccccc1)C(=O)N[C@H](C(=O)O)[C@@H](C)CC. The van der Waals surface area contributed by atoms with Gasteiger partial charge in [0.1, 0.15) is 12.1 Å². The van der Waals surface area contributed by atoms with E-state index in [9.17, 15) is 19.5 Å². The van der Waals surface area contributed by atoms with Gasteiger partial charge in [-0.1, -0.05) is 77.8 Å². The first-order valence-corrected chi connectivity index (χ1v) is 10.1. The lowest BCUT2D eigenvalue weighted by atomic mass is 9.92. The molecule has 1 aromatic carbocycles. The molecule has 0 aliphatic carbocycles. The van der Waals surface area contributed by atoms with Crippen molar-refractivity contribution in [1.82, 2.24) is 10.6 Å². The highest BCUT2D eigenvalue weighted by Gasteiger charge is 2.31. The number of hydrogen-bond donors (Lipinski definition) is 3. The van der Waals surface area contributed by atoms with Crippen molar-refractivity contribution in [2.75, 3.05) is 0 Å². The monoisotopic (exact) mass is 390 g/mol. The summed E-state index contributed by atoms with van der Waals surface area (Å²) in [5.41, 5.74) is 0.898. The Kier molecular flexibility index (Phi) is 9.69. The van der Waals surface area contributed by atoms with Crippen molar-refractivity contribution in [3.05, 3.63) is 35.9 Å². The number of carbonyl (C=O) groups excluding carboxylic acids is 2. The summed E-state index contributed by atoms with van der Waals surface area (Å²) in [5, 5.41) is 14.9. The third-order valence-electron chi connectivity index (χ3n) is 5.60. The van der Waals surface area contributed by atoms with Crippen LogP contribution in [0.5, 0.6) is 0 Å². The van der Waals surface area contributed by atoms with Gasteiger partial charge < -0.3 is 15.7 Å². The zero-order valence-corrected chi connectivity index (χ0v) is 17.6. The van der Waals surface area contributed by atoms with E-state index in [1.807, 2.05) is 58.0 Å². The van der Waals surface area contributed by atoms with Crippen LogP contribution >= 0.6 is 0 Å². The van der Waals surface area contributed by atoms with Crippen LogP contribution in [0.25, 0.3) is 0 Å². The molecule has 6 heteroatoms. The van der Waals surface area contributed by atoms with Crippen LogP contribution in [0, 0.1) is 17.8 Å². The number of rotatable bonds is 11. The fourth-order valence-electron chi connectivity index (χ4n) is 2.91. The highest BCUT2D eigenvalue weighted by Crippen LogP contribution is 2.15. The normalized spacial score (nSPS) is 16.3. The van der Waals surface area contributed by atoms with Crippen molar-refractivity contribution < 1.29 is 19.5 Å². The van der Waals surface area contributed by atoms with Crippen LogP contribution in [0.15, 0.2) is 30.3 Å². The summed E-state index contributed by atoms with van der Waals surface area (Å²) in [7, 11) is 0. The summed E-state index contributed by atoms with van der Waals surface area (Å²) in [6, 6.07) is 7.57. The second-order valence-corrected chi connectivity index (χ2v) is 7.64. The van der Waals surface area contributed by atoms with Crippen molar-refractivity contribution in [3.8, 4) is 0 Å². The number of hydrogen-bond acceptors (Lipinski definition) is 3. The average molecular weight is 391 g/mol. The summed E-state index contributed by atoms with van der Waals surface area (Å²) in [6.07, 6.45) is 1.79. The van der Waals surface area contributed by atoms with Gasteiger partial charge in [-0.25, -0.2) is 4.79 Å². The van der Waals surface area contributed by atoms with Crippen LogP contribution in [-0.2, 0) is 20.8 Å². The Labute approximate surface area is 168 Å². The standard InChI is InChI=1S/C22H34N2O4/c1-6-14(3)16(5)20(25)23-18(13-17-11-9-8-10-12-17)21(26)24-19(22(27)28)15(4)7-2/h8-12,14-16,18-19H,6-7,13H2,1-5H3,(H,23,25)(H,24,26)(H,27,28)/t14-,15-,16-,18-,19-/m0/s1. The number of carboxylic acid groups (broad SMARTS) is 1. The van der Waals surface area contributed by atoms with Crippen molar-refractivity contribution in [1.29, 1.82) is 0 Å². The molecule has 1 aromatic rings. The van der Waals surface area contributed by atoms with E-state index in [1.54, 1.807) is 6.92 Å². The number of benzene rings is 1. The van der Waals surface area contributed by atoms with Gasteiger partial charge in [-0.3, -0.25) is 9.59 Å². The molecule has 0 aliphatic heterocycles. The summed E-state index contributed by atoms with van der Waals surface area (Å²) in [6.45, 7) is 9.53. The second-order valence-electron chi connectivity index (χ2n) is 7.64. The number of aliphatic carboxylic acids is 1. The van der Waals surface area contributed by atoms with E-state index in [0.717, 1.165) is 12.0 Å². The highest BCUT2D eigenvalue weighted by molar-refractivity contribution is 5.91. The molecule has 2 amide bonds. The molecule has 5 atom stereocenters. The zero-order chi connectivity index (χ0) is 21.3. The van der Waals surface area contributed by atoms with Crippen molar-refractivity contribution in [3.63, 3.8) is 0 Å². The summed E-state index contributed by atoms with van der Waals surface area (Å²) >= 11 is 0. The van der Waals surface area contributed by atoms with Gasteiger partial charge in [0.15, 0.2) is 0 Å². The molecule has 1 rings (SSSR count). The predicted molar refractivity (Wildman–Crippen MR) is 110 cm³/mol. The van der Waals surface area contributed by atoms with Crippen molar-refractivity contribution in [2.24, 2.45) is 17.8 Å². The topological polar surface area (TPSA) is 95.5 Å². The van der Waals surface area contributed by atoms with Gasteiger partial charge in [-0.05, 0) is 17.4 Å². The zero-order valence-electron chi connectivity index (χ0n) is 17.6. The molecule has 0 spiro atoms. The molecular formula is C22H34N2O4. The minimum absolute atomic E-state index is 0.187. The minimum Gasteiger partial charge on any atom is -0.480 e. The van der Waals surface area contributed by atoms with Crippen LogP contribution in [0.1, 0.15) is 53.0 Å². The summed E-state index contributed by atoms with van der Waals surface area (Å²) in [4.78, 5) is 37.1. The minimum atomic E-state index is -1.07. The van der Waals surface area contributed by atoms with E-state index in [2.05, 4.69) is 10.6 Å². The molecule has 0 aromatic heterocycles. The van der Waals surface area contributed by atoms with Gasteiger partial charge in [0.25, 0.3) is 0 Å². The van der Waals surface area contributed by atoms with Gasteiger partial charge in [0.05, 0.1) is 0 Å². The van der Waals surface area contributed by atoms with E-state index >= 15 is 0 Å². The molecule has 3 N–H and O–H groups in total. The number of amides is 2. The van der Waals surface area contributed by atoms with E-state index in [4.69, 9.17) is 0 Å². The third kappa shape index (κ3) is 6.98. The fraction of sp³-hybridized carbons (Fsp3) is 0.591. The molecule has 0 heterocycles. The Bertz CT molecular complexity index is 647. The molecule has 0 radical (unpaired) electrons. The van der Waals surface area contributed by atoms with Crippen molar-refractivity contribution >= 4 is 17.8 Å². The lowest BCUT2D eigenvalue weighted by Gasteiger charge is -2.26. The maximum atomic E-state index is 12.9. The number of carboxylic acids is 1. The molecular weight excluding hydrogens is 356 g/mol. The molecule has 0 saturated carbocycles. The first-order chi connectivity index (χ1) is 13.2. The number of nitrogens with one attached hydrogen (secondary N) is 2. The smallest absolute Gasteiger partial charge is 0.326 e. The molecule has 28 heavy (non-hydrogen) atoms. The number of carbonyl (C=O) groups is 3. The molecule has 0 fully saturated rings. The first kappa shape index (κ1) is 23.7. The van der Waals surface area contributed by atoms with Crippen LogP contribution in [0.2, 0.25) is 0 Å². The lowest BCUT2D eigenvalue weighted by Crippen LogP contribution is -2.55. The largest absolute Gasteiger partial charge is 0.480 e. The van der Waals surface area contributed by atoms with E-state index in [0.29, 0.717) is 12.8 Å². The maximum Gasteiger partial charge on any atom is 0.326 e. The Morgan fingerprint density at radius 2 is 1.46 bits per heavy atom. The van der Waals surface area contributed by atoms with Gasteiger partial charge >= 0.3 is 5.97 Å². The Balaban J connectivity index is 3.00. The molecule has 0 aliphatic rings. The van der Waals surface area contributed by atoms with Gasteiger partial charge in [0, 0.05) is 12.3 Å². The summed E-state index contributed by atoms with van der Waals surface area (Å²) < 4.78 is 0. The molecule has 0 unspecified atom stereocenters. The fourth-order valence-corrected chi connectivity index (χ4v) is 2.91. The average Bonchev–Trinajstić information content (AvgIpc) is 2.69. The van der Waals surface area contributed by atoms with E-state index in [1.165, 1.54) is 0 Å². The Hall–Kier alpha value is -2.37. The summed E-state index contributed by atoms with van der Waals surface area (Å²) in [5.74, 6) is -2.00. The van der Waals surface area contributed by atoms with Crippen LogP contribution < -0.4 is 10.6 Å². The predicted octanol–water partition coefficient (Wildman–Crippen LogP) is 3.01. The van der Waals surface area contributed by atoms with Crippen LogP contribution in [0.3, 0.4) is 0 Å². The van der Waals surface area contributed by atoms with Gasteiger partial charge in [0.2, 0.25) is 11.8 Å². The maximum absolute atomic E-state index is 12.9. The van der Waals surface area contributed by atoms with E-state index < -0.39 is 24.0 Å². The van der Waals surface area contributed by atoms with Crippen LogP contribution in [0.4, 0.5) is 0 Å². The molecule has 0 bridgehead atoms. The van der Waals surface area contributed by atoms with Crippen LogP contribution in [-0.4, -0.2) is 35.0 Å². The first-order valence-electron chi connectivity index (χ1n) is 10.1. The lowest BCUT2D eigenvalue weighted by molar-refractivity contribution is -0.143. The third-order valence-corrected chi connectivity index (χ3v) is 5.60. The Morgan fingerprint density at radius 1 is 0.893 bits per heavy atom. The molecule has 0 saturated heterocycles. The quantitative estimate of drug-likeness (QED) is 0.541. The Morgan fingerprint density at radius 3 is 1.96 bits per heavy atom.